The van der Waals surface area contributed by atoms with Gasteiger partial charge in [0.05, 0.1) is 12.0 Å². The van der Waals surface area contributed by atoms with Crippen molar-refractivity contribution in [1.29, 1.82) is 0 Å². The van der Waals surface area contributed by atoms with Crippen molar-refractivity contribution in [2.75, 3.05) is 20.3 Å². The molecule has 0 aliphatic carbocycles. The van der Waals surface area contributed by atoms with E-state index in [4.69, 9.17) is 19.9 Å². The number of nitrogens with one attached hydrogen (secondary N) is 4. The van der Waals surface area contributed by atoms with Crippen molar-refractivity contribution in [3.05, 3.63) is 77.4 Å². The van der Waals surface area contributed by atoms with E-state index in [0.717, 1.165) is 17.5 Å². The molecule has 1 heterocycles. The Kier molecular flexibility index (Phi) is 16.1. The summed E-state index contributed by atoms with van der Waals surface area (Å²) in [6.45, 7) is 18.1. The standard InChI is InChI=1S/C40H56N6O9S/c1-10-13-32(38(50)53-9)45-36(48)31(44-37(49)33(43-27(6)47)23-28-15-17-29(18-16-28)54-22-11-2)14-12-21-42-39(41)46-56(51,52)35-25(4)24(3)34-30(26(35)5)19-20-40(7,8)55-34/h10-11,15-18,31-33H,1-2,12-14,19-23H2,3-9H3,(H,43,47)(H,44,49)(H,45,48)(H3,41,42,46)/t31-,32-,33+/m1/s1. The van der Waals surface area contributed by atoms with E-state index in [1.54, 1.807) is 44.2 Å². The van der Waals surface area contributed by atoms with Crippen LogP contribution in [-0.4, -0.2) is 82.1 Å². The van der Waals surface area contributed by atoms with Gasteiger partial charge in [-0.05, 0) is 107 Å². The molecule has 0 saturated heterocycles. The van der Waals surface area contributed by atoms with E-state index >= 15 is 0 Å². The van der Waals surface area contributed by atoms with Gasteiger partial charge < -0.3 is 35.9 Å². The van der Waals surface area contributed by atoms with E-state index in [9.17, 15) is 27.6 Å². The zero-order chi connectivity index (χ0) is 41.8. The highest BCUT2D eigenvalue weighted by Gasteiger charge is 2.34. The van der Waals surface area contributed by atoms with Crippen LogP contribution in [0.15, 0.2) is 59.5 Å². The smallest absolute Gasteiger partial charge is 0.328 e. The van der Waals surface area contributed by atoms with Gasteiger partial charge in [0.25, 0.3) is 10.0 Å². The number of ether oxygens (including phenoxy) is 3. The van der Waals surface area contributed by atoms with Crippen LogP contribution in [0.1, 0.15) is 74.3 Å². The van der Waals surface area contributed by atoms with Crippen molar-refractivity contribution in [2.45, 2.75) is 109 Å². The summed E-state index contributed by atoms with van der Waals surface area (Å²) in [6, 6.07) is 3.62. The summed E-state index contributed by atoms with van der Waals surface area (Å²) in [6.07, 6.45) is 4.76. The number of nitrogens with zero attached hydrogens (tertiary/aromatic N) is 1. The van der Waals surface area contributed by atoms with Gasteiger partial charge in [-0.1, -0.05) is 30.9 Å². The molecule has 0 radical (unpaired) electrons. The molecule has 306 valence electrons. The average molecular weight is 797 g/mol. The minimum absolute atomic E-state index is 0.00377. The molecule has 0 spiro atoms. The lowest BCUT2D eigenvalue weighted by Crippen LogP contribution is -2.56. The molecule has 0 saturated carbocycles. The summed E-state index contributed by atoms with van der Waals surface area (Å²) in [5.41, 5.74) is 9.11. The Bertz CT molecular complexity index is 1930. The predicted octanol–water partition coefficient (Wildman–Crippen LogP) is 3.12. The molecular weight excluding hydrogens is 741 g/mol. The molecule has 2 aromatic carbocycles. The van der Waals surface area contributed by atoms with Crippen LogP contribution < -0.4 is 35.9 Å². The first kappa shape index (κ1) is 45.0. The molecule has 3 amide bonds. The molecule has 15 nitrogen and oxygen atoms in total. The molecular formula is C40H56N6O9S. The number of sulfonamides is 1. The lowest BCUT2D eigenvalue weighted by atomic mass is 9.88. The fourth-order valence-electron chi connectivity index (χ4n) is 6.37. The number of guanidine groups is 1. The van der Waals surface area contributed by atoms with E-state index in [2.05, 4.69) is 38.8 Å². The van der Waals surface area contributed by atoms with Crippen LogP contribution in [0.4, 0.5) is 0 Å². The molecule has 0 unspecified atom stereocenters. The summed E-state index contributed by atoms with van der Waals surface area (Å²) in [7, 11) is -2.97. The number of carbonyl (C=O) groups excluding carboxylic acids is 4. The first-order valence-electron chi connectivity index (χ1n) is 18.4. The fourth-order valence-corrected chi connectivity index (χ4v) is 7.90. The van der Waals surface area contributed by atoms with Gasteiger partial charge in [0.15, 0.2) is 0 Å². The number of carbonyl (C=O) groups is 4. The summed E-state index contributed by atoms with van der Waals surface area (Å²) in [5.74, 6) is -1.57. The van der Waals surface area contributed by atoms with Gasteiger partial charge in [-0.15, -0.1) is 6.58 Å². The highest BCUT2D eigenvalue weighted by atomic mass is 32.2. The Morgan fingerprint density at radius 3 is 2.21 bits per heavy atom. The molecule has 56 heavy (non-hydrogen) atoms. The lowest BCUT2D eigenvalue weighted by Gasteiger charge is -2.35. The topological polar surface area (TPSA) is 217 Å². The molecule has 6 N–H and O–H groups in total. The second-order valence-electron chi connectivity index (χ2n) is 14.3. The number of hydrogen-bond donors (Lipinski definition) is 5. The minimum Gasteiger partial charge on any atom is -0.490 e. The van der Waals surface area contributed by atoms with Crippen LogP contribution in [-0.2, 0) is 46.8 Å². The predicted molar refractivity (Wildman–Crippen MR) is 214 cm³/mol. The van der Waals surface area contributed by atoms with Crippen LogP contribution >= 0.6 is 0 Å². The molecule has 0 bridgehead atoms. The van der Waals surface area contributed by atoms with Crippen molar-refractivity contribution in [1.82, 2.24) is 20.7 Å². The quantitative estimate of drug-likeness (QED) is 0.0460. The molecule has 1 aliphatic rings. The Hall–Kier alpha value is -5.38. The normalized spacial score (nSPS) is 15.1. The highest BCUT2D eigenvalue weighted by molar-refractivity contribution is 7.90. The van der Waals surface area contributed by atoms with Crippen molar-refractivity contribution >= 4 is 39.7 Å². The number of esters is 1. The SMILES string of the molecule is C=CCOc1ccc(C[C@H](NC(C)=O)C(=O)N[C@H](CCCN=C(N)NS(=O)(=O)c2c(C)c(C)c3c(c2C)CCC(C)(C)O3)C(=O)N[C@H](CC=C)C(=O)OC)cc1. The minimum atomic E-state index is -4.15. The van der Waals surface area contributed by atoms with E-state index < -0.39 is 51.8 Å². The largest absolute Gasteiger partial charge is 0.490 e. The van der Waals surface area contributed by atoms with Gasteiger partial charge in [0, 0.05) is 19.9 Å². The molecule has 3 rings (SSSR count). The monoisotopic (exact) mass is 796 g/mol. The summed E-state index contributed by atoms with van der Waals surface area (Å²) in [5, 5.41) is 7.93. The zero-order valence-corrected chi connectivity index (χ0v) is 34.2. The number of fused-ring (bicyclic) bond motifs is 1. The van der Waals surface area contributed by atoms with E-state index in [1.807, 2.05) is 20.8 Å². The first-order chi connectivity index (χ1) is 26.3. The summed E-state index contributed by atoms with van der Waals surface area (Å²) >= 11 is 0. The highest BCUT2D eigenvalue weighted by Crippen LogP contribution is 2.42. The number of methoxy groups -OCH3 is 1. The third-order valence-electron chi connectivity index (χ3n) is 9.37. The van der Waals surface area contributed by atoms with Gasteiger partial charge in [0.2, 0.25) is 23.7 Å². The Labute approximate surface area is 330 Å². The van der Waals surface area contributed by atoms with Crippen LogP contribution in [0.5, 0.6) is 11.5 Å². The number of rotatable bonds is 19. The fraction of sp³-hybridized carbons (Fsp3) is 0.475. The number of hydrogen-bond acceptors (Lipinski definition) is 10. The molecule has 2 aromatic rings. The maximum Gasteiger partial charge on any atom is 0.328 e. The van der Waals surface area contributed by atoms with Crippen molar-refractivity contribution in [3.63, 3.8) is 0 Å². The summed E-state index contributed by atoms with van der Waals surface area (Å²) in [4.78, 5) is 56.1. The van der Waals surface area contributed by atoms with Gasteiger partial charge in [0.1, 0.15) is 41.8 Å². The third-order valence-corrected chi connectivity index (χ3v) is 11.0. The van der Waals surface area contributed by atoms with Gasteiger partial charge in [-0.2, -0.15) is 0 Å². The molecule has 3 atom stereocenters. The van der Waals surface area contributed by atoms with Crippen molar-refractivity contribution in [3.8, 4) is 11.5 Å². The first-order valence-corrected chi connectivity index (χ1v) is 19.9. The molecule has 16 heteroatoms. The van der Waals surface area contributed by atoms with Crippen LogP contribution in [0.2, 0.25) is 0 Å². The number of nitrogens with two attached hydrogens (primary N) is 1. The van der Waals surface area contributed by atoms with Gasteiger partial charge >= 0.3 is 5.97 Å². The maximum atomic E-state index is 13.7. The van der Waals surface area contributed by atoms with Crippen LogP contribution in [0.25, 0.3) is 0 Å². The number of benzene rings is 2. The molecule has 1 aliphatic heterocycles. The molecule has 0 fully saturated rings. The Morgan fingerprint density at radius 2 is 1.61 bits per heavy atom. The lowest BCUT2D eigenvalue weighted by molar-refractivity contribution is -0.145. The van der Waals surface area contributed by atoms with E-state index in [0.29, 0.717) is 41.2 Å². The van der Waals surface area contributed by atoms with E-state index in [-0.39, 0.29) is 48.7 Å². The summed E-state index contributed by atoms with van der Waals surface area (Å²) < 4.78 is 46.3. The molecule has 0 aromatic heterocycles. The van der Waals surface area contributed by atoms with Gasteiger partial charge in [-0.25, -0.2) is 17.9 Å². The second-order valence-corrected chi connectivity index (χ2v) is 15.9. The van der Waals surface area contributed by atoms with Crippen molar-refractivity contribution < 1.29 is 41.8 Å². The van der Waals surface area contributed by atoms with Crippen LogP contribution in [0.3, 0.4) is 0 Å². The van der Waals surface area contributed by atoms with E-state index in [1.165, 1.54) is 20.1 Å². The Morgan fingerprint density at radius 1 is 0.964 bits per heavy atom. The second kappa shape index (κ2) is 20.0. The zero-order valence-electron chi connectivity index (χ0n) is 33.4. The van der Waals surface area contributed by atoms with Crippen LogP contribution in [0, 0.1) is 20.8 Å². The average Bonchev–Trinajstić information content (AvgIpc) is 3.13. The third kappa shape index (κ3) is 12.3. The maximum absolute atomic E-state index is 13.7. The van der Waals surface area contributed by atoms with Gasteiger partial charge in [-0.3, -0.25) is 19.4 Å². The number of aliphatic imine (C=N–C) groups is 1. The van der Waals surface area contributed by atoms with Crippen molar-refractivity contribution in [2.24, 2.45) is 10.7 Å². The Balaban J connectivity index is 1.79. The number of amides is 3.